The molecule has 7 heteroatoms. The lowest BCUT2D eigenvalue weighted by Crippen LogP contribution is -2.18. The lowest BCUT2D eigenvalue weighted by molar-refractivity contribution is -0.274. The summed E-state index contributed by atoms with van der Waals surface area (Å²) in [4.78, 5) is 3.97. The smallest absolute Gasteiger partial charge is 0.404 e. The molecule has 1 N–H and O–H groups in total. The van der Waals surface area contributed by atoms with Gasteiger partial charge in [0.15, 0.2) is 5.75 Å². The SMILES string of the molecule is Cc1ccnc(Nc2ccccc2OC(F)(F)F)c1C#N. The number of para-hydroxylation sites is 2. The van der Waals surface area contributed by atoms with Crippen LogP contribution in [0, 0.1) is 18.3 Å². The lowest BCUT2D eigenvalue weighted by Gasteiger charge is -2.15. The number of pyridine rings is 1. The van der Waals surface area contributed by atoms with E-state index in [9.17, 15) is 13.2 Å². The zero-order valence-electron chi connectivity index (χ0n) is 10.9. The number of hydrogen-bond donors (Lipinski definition) is 1. The molecule has 2 aromatic rings. The molecule has 0 aliphatic carbocycles. The average Bonchev–Trinajstić information content (AvgIpc) is 2.40. The number of ether oxygens (including phenoxy) is 1. The van der Waals surface area contributed by atoms with Crippen LogP contribution in [-0.2, 0) is 0 Å². The highest BCUT2D eigenvalue weighted by molar-refractivity contribution is 5.68. The second-order valence-corrected chi connectivity index (χ2v) is 4.13. The third-order valence-electron chi connectivity index (χ3n) is 2.64. The van der Waals surface area contributed by atoms with Crippen molar-refractivity contribution in [3.63, 3.8) is 0 Å². The van der Waals surface area contributed by atoms with Crippen molar-refractivity contribution in [3.8, 4) is 11.8 Å². The third-order valence-corrected chi connectivity index (χ3v) is 2.64. The molecule has 0 aliphatic rings. The molecule has 1 aromatic carbocycles. The number of rotatable bonds is 3. The van der Waals surface area contributed by atoms with Crippen LogP contribution in [-0.4, -0.2) is 11.3 Å². The topological polar surface area (TPSA) is 57.9 Å². The summed E-state index contributed by atoms with van der Waals surface area (Å²) >= 11 is 0. The van der Waals surface area contributed by atoms with Crippen molar-refractivity contribution < 1.29 is 17.9 Å². The Labute approximate surface area is 118 Å². The number of nitrogens with one attached hydrogen (secondary N) is 1. The zero-order valence-corrected chi connectivity index (χ0v) is 10.9. The van der Waals surface area contributed by atoms with Crippen LogP contribution in [0.25, 0.3) is 0 Å². The molecule has 0 saturated carbocycles. The van der Waals surface area contributed by atoms with E-state index < -0.39 is 12.1 Å². The number of benzene rings is 1. The fourth-order valence-corrected chi connectivity index (χ4v) is 1.71. The van der Waals surface area contributed by atoms with Gasteiger partial charge in [-0.3, -0.25) is 0 Å². The maximum atomic E-state index is 12.4. The molecule has 108 valence electrons. The molecule has 0 saturated heterocycles. The number of hydrogen-bond acceptors (Lipinski definition) is 4. The highest BCUT2D eigenvalue weighted by Gasteiger charge is 2.32. The highest BCUT2D eigenvalue weighted by atomic mass is 19.4. The van der Waals surface area contributed by atoms with Gasteiger partial charge in [-0.1, -0.05) is 12.1 Å². The Morgan fingerprint density at radius 3 is 2.62 bits per heavy atom. The monoisotopic (exact) mass is 293 g/mol. The first-order valence-electron chi connectivity index (χ1n) is 5.88. The summed E-state index contributed by atoms with van der Waals surface area (Å²) in [5, 5.41) is 11.8. The normalized spacial score (nSPS) is 10.8. The Bertz CT molecular complexity index is 693. The molecule has 0 spiro atoms. The van der Waals surface area contributed by atoms with E-state index in [1.165, 1.54) is 24.4 Å². The Morgan fingerprint density at radius 1 is 1.24 bits per heavy atom. The van der Waals surface area contributed by atoms with Crippen LogP contribution in [0.5, 0.6) is 5.75 Å². The van der Waals surface area contributed by atoms with E-state index >= 15 is 0 Å². The minimum Gasteiger partial charge on any atom is -0.404 e. The van der Waals surface area contributed by atoms with E-state index in [1.54, 1.807) is 19.1 Å². The first-order chi connectivity index (χ1) is 9.90. The van der Waals surface area contributed by atoms with E-state index in [0.717, 1.165) is 0 Å². The van der Waals surface area contributed by atoms with Gasteiger partial charge in [0.05, 0.1) is 11.3 Å². The number of anilines is 2. The minimum atomic E-state index is -4.80. The van der Waals surface area contributed by atoms with Gasteiger partial charge in [-0.05, 0) is 30.7 Å². The van der Waals surface area contributed by atoms with Crippen molar-refractivity contribution in [2.75, 3.05) is 5.32 Å². The maximum Gasteiger partial charge on any atom is 0.573 e. The molecule has 21 heavy (non-hydrogen) atoms. The van der Waals surface area contributed by atoms with Crippen LogP contribution >= 0.6 is 0 Å². The summed E-state index contributed by atoms with van der Waals surface area (Å²) in [6, 6.07) is 9.16. The Morgan fingerprint density at radius 2 is 1.95 bits per heavy atom. The predicted octanol–water partition coefficient (Wildman–Crippen LogP) is 3.90. The molecule has 0 atom stereocenters. The molecule has 0 bridgehead atoms. The van der Waals surface area contributed by atoms with Gasteiger partial charge >= 0.3 is 6.36 Å². The van der Waals surface area contributed by atoms with Gasteiger partial charge in [0.2, 0.25) is 0 Å². The summed E-state index contributed by atoms with van der Waals surface area (Å²) in [5.41, 5.74) is 1.01. The standard InChI is InChI=1S/C14H10F3N3O/c1-9-6-7-19-13(10(9)8-18)20-11-4-2-3-5-12(11)21-14(15,16)17/h2-7H,1H3,(H,19,20). The number of nitrogens with zero attached hydrogens (tertiary/aromatic N) is 2. The van der Waals surface area contributed by atoms with Gasteiger partial charge in [0.1, 0.15) is 11.9 Å². The average molecular weight is 293 g/mol. The van der Waals surface area contributed by atoms with Crippen LogP contribution in [0.2, 0.25) is 0 Å². The fourth-order valence-electron chi connectivity index (χ4n) is 1.71. The van der Waals surface area contributed by atoms with Gasteiger partial charge < -0.3 is 10.1 Å². The Hall–Kier alpha value is -2.75. The van der Waals surface area contributed by atoms with Crippen LogP contribution in [0.4, 0.5) is 24.7 Å². The highest BCUT2D eigenvalue weighted by Crippen LogP contribution is 2.32. The van der Waals surface area contributed by atoms with Crippen molar-refractivity contribution in [1.82, 2.24) is 4.98 Å². The Balaban J connectivity index is 2.37. The predicted molar refractivity (Wildman–Crippen MR) is 70.1 cm³/mol. The van der Waals surface area contributed by atoms with E-state index in [0.29, 0.717) is 5.56 Å². The summed E-state index contributed by atoms with van der Waals surface area (Å²) < 4.78 is 41.0. The Kier molecular flexibility index (Phi) is 3.98. The molecule has 0 unspecified atom stereocenters. The van der Waals surface area contributed by atoms with Crippen molar-refractivity contribution in [2.24, 2.45) is 0 Å². The molecular weight excluding hydrogens is 283 g/mol. The molecule has 0 fully saturated rings. The zero-order chi connectivity index (χ0) is 15.5. The molecule has 1 heterocycles. The number of nitriles is 1. The summed E-state index contributed by atoms with van der Waals surface area (Å²) in [5.74, 6) is -0.215. The van der Waals surface area contributed by atoms with Gasteiger partial charge in [0.25, 0.3) is 0 Å². The largest absolute Gasteiger partial charge is 0.573 e. The summed E-state index contributed by atoms with van der Waals surface area (Å²) in [6.07, 6.45) is -3.33. The van der Waals surface area contributed by atoms with Gasteiger partial charge in [0, 0.05) is 6.20 Å². The number of aromatic nitrogens is 1. The second kappa shape index (κ2) is 5.71. The van der Waals surface area contributed by atoms with Crippen LogP contribution in [0.1, 0.15) is 11.1 Å². The van der Waals surface area contributed by atoms with Crippen molar-refractivity contribution >= 4 is 11.5 Å². The maximum absolute atomic E-state index is 12.4. The molecule has 0 amide bonds. The number of alkyl halides is 3. The molecular formula is C14H10F3N3O. The van der Waals surface area contributed by atoms with Crippen molar-refractivity contribution in [3.05, 3.63) is 47.7 Å². The molecule has 1 aromatic heterocycles. The van der Waals surface area contributed by atoms with E-state index in [2.05, 4.69) is 15.0 Å². The van der Waals surface area contributed by atoms with E-state index in [1.807, 2.05) is 6.07 Å². The van der Waals surface area contributed by atoms with Crippen molar-refractivity contribution in [1.29, 1.82) is 5.26 Å². The van der Waals surface area contributed by atoms with Crippen LogP contribution < -0.4 is 10.1 Å². The fraction of sp³-hybridized carbons (Fsp3) is 0.143. The first kappa shape index (κ1) is 14.7. The second-order valence-electron chi connectivity index (χ2n) is 4.13. The molecule has 2 rings (SSSR count). The first-order valence-corrected chi connectivity index (χ1v) is 5.88. The van der Waals surface area contributed by atoms with Gasteiger partial charge in [-0.25, -0.2) is 4.98 Å². The third kappa shape index (κ3) is 3.63. The summed E-state index contributed by atoms with van der Waals surface area (Å²) in [7, 11) is 0. The van der Waals surface area contributed by atoms with Gasteiger partial charge in [-0.2, -0.15) is 5.26 Å². The minimum absolute atomic E-state index is 0.0735. The van der Waals surface area contributed by atoms with Crippen LogP contribution in [0.15, 0.2) is 36.5 Å². The van der Waals surface area contributed by atoms with E-state index in [-0.39, 0.29) is 17.1 Å². The van der Waals surface area contributed by atoms with Crippen molar-refractivity contribution in [2.45, 2.75) is 13.3 Å². The quantitative estimate of drug-likeness (QED) is 0.932. The van der Waals surface area contributed by atoms with E-state index in [4.69, 9.17) is 5.26 Å². The van der Waals surface area contributed by atoms with Crippen LogP contribution in [0.3, 0.4) is 0 Å². The number of halogens is 3. The number of aryl methyl sites for hydroxylation is 1. The lowest BCUT2D eigenvalue weighted by atomic mass is 10.1. The molecule has 4 nitrogen and oxygen atoms in total. The molecule has 0 radical (unpaired) electrons. The molecule has 0 aliphatic heterocycles. The van der Waals surface area contributed by atoms with Gasteiger partial charge in [-0.15, -0.1) is 13.2 Å². The summed E-state index contributed by atoms with van der Waals surface area (Å²) in [6.45, 7) is 1.71.